The van der Waals surface area contributed by atoms with Crippen molar-refractivity contribution in [3.8, 4) is 0 Å². The van der Waals surface area contributed by atoms with Gasteiger partial charge < -0.3 is 15.0 Å². The molecule has 20 heavy (non-hydrogen) atoms. The Morgan fingerprint density at radius 3 is 2.90 bits per heavy atom. The summed E-state index contributed by atoms with van der Waals surface area (Å²) >= 11 is 0. The molecule has 1 aliphatic heterocycles. The predicted molar refractivity (Wildman–Crippen MR) is 83.2 cm³/mol. The molecule has 2 rings (SSSR count). The summed E-state index contributed by atoms with van der Waals surface area (Å²) in [6.45, 7) is 11.0. The van der Waals surface area contributed by atoms with E-state index >= 15 is 0 Å². The highest BCUT2D eigenvalue weighted by atomic mass is 16.5. The summed E-state index contributed by atoms with van der Waals surface area (Å²) in [6.07, 6.45) is 2.08. The van der Waals surface area contributed by atoms with Crippen molar-refractivity contribution in [3.05, 3.63) is 23.4 Å². The molecule has 4 nitrogen and oxygen atoms in total. The first-order valence-electron chi connectivity index (χ1n) is 7.83. The van der Waals surface area contributed by atoms with Gasteiger partial charge in [0.25, 0.3) is 0 Å². The summed E-state index contributed by atoms with van der Waals surface area (Å²) in [5, 5.41) is 3.40. The standard InChI is InChI=1S/C16H27N3O/c1-4-14-9-13(11-17-6-3)10-16(18-14)19-7-8-20-12-15(19)5-2/h9-10,15,17H,4-8,11-12H2,1-3H3. The monoisotopic (exact) mass is 277 g/mol. The van der Waals surface area contributed by atoms with Crippen LogP contribution in [0.25, 0.3) is 0 Å². The third kappa shape index (κ3) is 3.70. The van der Waals surface area contributed by atoms with Crippen LogP contribution in [-0.4, -0.2) is 37.3 Å². The van der Waals surface area contributed by atoms with Gasteiger partial charge in [0.2, 0.25) is 0 Å². The van der Waals surface area contributed by atoms with Crippen molar-refractivity contribution in [3.63, 3.8) is 0 Å². The minimum atomic E-state index is 0.454. The fraction of sp³-hybridized carbons (Fsp3) is 0.688. The van der Waals surface area contributed by atoms with Gasteiger partial charge in [-0.1, -0.05) is 20.8 Å². The fourth-order valence-corrected chi connectivity index (χ4v) is 2.63. The van der Waals surface area contributed by atoms with Crippen LogP contribution in [0.4, 0.5) is 5.82 Å². The summed E-state index contributed by atoms with van der Waals surface area (Å²) in [7, 11) is 0. The van der Waals surface area contributed by atoms with E-state index in [-0.39, 0.29) is 0 Å². The van der Waals surface area contributed by atoms with Crippen LogP contribution in [0.15, 0.2) is 12.1 Å². The molecule has 1 saturated heterocycles. The van der Waals surface area contributed by atoms with E-state index in [0.29, 0.717) is 6.04 Å². The maximum atomic E-state index is 5.59. The second-order valence-corrected chi connectivity index (χ2v) is 5.29. The average molecular weight is 277 g/mol. The highest BCUT2D eigenvalue weighted by molar-refractivity contribution is 5.44. The van der Waals surface area contributed by atoms with Gasteiger partial charge in [0.05, 0.1) is 19.3 Å². The lowest BCUT2D eigenvalue weighted by atomic mass is 10.1. The maximum absolute atomic E-state index is 5.59. The number of hydrogen-bond donors (Lipinski definition) is 1. The molecule has 1 atom stereocenters. The molecule has 0 bridgehead atoms. The topological polar surface area (TPSA) is 37.4 Å². The van der Waals surface area contributed by atoms with E-state index in [9.17, 15) is 0 Å². The second-order valence-electron chi connectivity index (χ2n) is 5.29. The zero-order valence-electron chi connectivity index (χ0n) is 13.0. The zero-order chi connectivity index (χ0) is 14.4. The van der Waals surface area contributed by atoms with Crippen molar-refractivity contribution in [1.82, 2.24) is 10.3 Å². The first-order valence-corrected chi connectivity index (χ1v) is 7.83. The Morgan fingerprint density at radius 1 is 1.35 bits per heavy atom. The Kier molecular flexibility index (Phi) is 5.80. The molecule has 1 fully saturated rings. The molecule has 0 amide bonds. The number of nitrogens with zero attached hydrogens (tertiary/aromatic N) is 2. The first kappa shape index (κ1) is 15.3. The van der Waals surface area contributed by atoms with E-state index < -0.39 is 0 Å². The van der Waals surface area contributed by atoms with Crippen LogP contribution in [-0.2, 0) is 17.7 Å². The Hall–Kier alpha value is -1.13. The van der Waals surface area contributed by atoms with Crippen LogP contribution in [0.2, 0.25) is 0 Å². The number of anilines is 1. The molecule has 1 N–H and O–H groups in total. The smallest absolute Gasteiger partial charge is 0.129 e. The lowest BCUT2D eigenvalue weighted by Gasteiger charge is -2.36. The minimum absolute atomic E-state index is 0.454. The summed E-state index contributed by atoms with van der Waals surface area (Å²) in [5.74, 6) is 1.12. The molecule has 0 spiro atoms. The van der Waals surface area contributed by atoms with Gasteiger partial charge in [-0.25, -0.2) is 4.98 Å². The van der Waals surface area contributed by atoms with E-state index in [2.05, 4.69) is 43.1 Å². The Morgan fingerprint density at radius 2 is 2.20 bits per heavy atom. The van der Waals surface area contributed by atoms with Crippen molar-refractivity contribution in [2.24, 2.45) is 0 Å². The van der Waals surface area contributed by atoms with E-state index in [4.69, 9.17) is 9.72 Å². The quantitative estimate of drug-likeness (QED) is 0.866. The van der Waals surface area contributed by atoms with Crippen LogP contribution in [0.5, 0.6) is 0 Å². The van der Waals surface area contributed by atoms with Gasteiger partial charge in [-0.05, 0) is 37.1 Å². The molecule has 1 aliphatic rings. The first-order chi connectivity index (χ1) is 9.78. The summed E-state index contributed by atoms with van der Waals surface area (Å²) in [6, 6.07) is 4.90. The molecule has 4 heteroatoms. The maximum Gasteiger partial charge on any atom is 0.129 e. The number of aromatic nitrogens is 1. The largest absolute Gasteiger partial charge is 0.377 e. The van der Waals surface area contributed by atoms with Crippen molar-refractivity contribution in [2.45, 2.75) is 46.2 Å². The second kappa shape index (κ2) is 7.60. The third-order valence-electron chi connectivity index (χ3n) is 3.86. The SMILES string of the molecule is CCNCc1cc(CC)nc(N2CCOCC2CC)c1. The van der Waals surface area contributed by atoms with Crippen LogP contribution in [0.3, 0.4) is 0 Å². The van der Waals surface area contributed by atoms with Crippen LogP contribution >= 0.6 is 0 Å². The molecule has 1 aromatic rings. The lowest BCUT2D eigenvalue weighted by Crippen LogP contribution is -2.45. The average Bonchev–Trinajstić information content (AvgIpc) is 2.52. The Labute approximate surface area is 122 Å². The number of ether oxygens (including phenoxy) is 1. The van der Waals surface area contributed by atoms with E-state index in [1.807, 2.05) is 0 Å². The predicted octanol–water partition coefficient (Wildman–Crippen LogP) is 2.37. The molecule has 0 aliphatic carbocycles. The molecule has 112 valence electrons. The summed E-state index contributed by atoms with van der Waals surface area (Å²) in [5.41, 5.74) is 2.51. The zero-order valence-corrected chi connectivity index (χ0v) is 13.0. The number of hydrogen-bond acceptors (Lipinski definition) is 4. The molecular formula is C16H27N3O. The van der Waals surface area contributed by atoms with Gasteiger partial charge in [0.15, 0.2) is 0 Å². The normalized spacial score (nSPS) is 19.4. The molecule has 0 saturated carbocycles. The number of rotatable bonds is 6. The van der Waals surface area contributed by atoms with Gasteiger partial charge in [-0.3, -0.25) is 0 Å². The molecule has 0 aromatic carbocycles. The lowest BCUT2D eigenvalue weighted by molar-refractivity contribution is 0.0925. The summed E-state index contributed by atoms with van der Waals surface area (Å²) < 4.78 is 5.59. The molecule has 1 unspecified atom stereocenters. The van der Waals surface area contributed by atoms with Gasteiger partial charge in [0, 0.05) is 18.8 Å². The fourth-order valence-electron chi connectivity index (χ4n) is 2.63. The van der Waals surface area contributed by atoms with Gasteiger partial charge in [-0.15, -0.1) is 0 Å². The number of nitrogens with one attached hydrogen (secondary N) is 1. The summed E-state index contributed by atoms with van der Waals surface area (Å²) in [4.78, 5) is 7.24. The minimum Gasteiger partial charge on any atom is -0.377 e. The van der Waals surface area contributed by atoms with E-state index in [1.54, 1.807) is 0 Å². The van der Waals surface area contributed by atoms with Gasteiger partial charge >= 0.3 is 0 Å². The van der Waals surface area contributed by atoms with Crippen molar-refractivity contribution in [2.75, 3.05) is 31.2 Å². The number of morpholine rings is 1. The molecular weight excluding hydrogens is 250 g/mol. The van der Waals surface area contributed by atoms with Crippen LogP contribution in [0, 0.1) is 0 Å². The highest BCUT2D eigenvalue weighted by Gasteiger charge is 2.23. The van der Waals surface area contributed by atoms with Crippen LogP contribution < -0.4 is 10.2 Å². The van der Waals surface area contributed by atoms with Gasteiger partial charge in [-0.2, -0.15) is 0 Å². The Bertz CT molecular complexity index is 422. The van der Waals surface area contributed by atoms with Crippen molar-refractivity contribution < 1.29 is 4.74 Å². The van der Waals surface area contributed by atoms with E-state index in [1.165, 1.54) is 11.3 Å². The van der Waals surface area contributed by atoms with Crippen molar-refractivity contribution >= 4 is 5.82 Å². The van der Waals surface area contributed by atoms with Crippen LogP contribution in [0.1, 0.15) is 38.4 Å². The highest BCUT2D eigenvalue weighted by Crippen LogP contribution is 2.21. The molecule has 1 aromatic heterocycles. The molecule has 2 heterocycles. The Balaban J connectivity index is 2.24. The van der Waals surface area contributed by atoms with Crippen molar-refractivity contribution in [1.29, 1.82) is 0 Å². The third-order valence-corrected chi connectivity index (χ3v) is 3.86. The molecule has 0 radical (unpaired) electrons. The number of aryl methyl sites for hydroxylation is 1. The van der Waals surface area contributed by atoms with Gasteiger partial charge in [0.1, 0.15) is 5.82 Å². The number of pyridine rings is 1. The van der Waals surface area contributed by atoms with E-state index in [0.717, 1.165) is 51.5 Å².